The highest BCUT2D eigenvalue weighted by Gasteiger charge is 2.43. The highest BCUT2D eigenvalue weighted by molar-refractivity contribution is 9.10. The fraction of sp³-hybridized carbons (Fsp3) is 0.375. The predicted molar refractivity (Wildman–Crippen MR) is 129 cm³/mol. The van der Waals surface area contributed by atoms with Crippen molar-refractivity contribution in [3.63, 3.8) is 0 Å². The Bertz CT molecular complexity index is 1370. The van der Waals surface area contributed by atoms with Crippen molar-refractivity contribution < 1.29 is 19.2 Å². The van der Waals surface area contributed by atoms with E-state index in [0.29, 0.717) is 51.2 Å². The minimum Gasteiger partial charge on any atom is -0.496 e. The molecule has 1 aromatic carbocycles. The number of rotatable bonds is 5. The van der Waals surface area contributed by atoms with Crippen molar-refractivity contribution in [2.24, 2.45) is 11.1 Å². The van der Waals surface area contributed by atoms with Crippen molar-refractivity contribution in [2.75, 3.05) is 7.11 Å². The number of nitriles is 1. The van der Waals surface area contributed by atoms with Crippen LogP contribution in [0, 0.1) is 33.8 Å². The Hall–Kier alpha value is -3.65. The molecule has 2 N–H and O–H groups in total. The normalized spacial score (nSPS) is 19.2. The molecule has 182 valence electrons. The molecule has 0 bridgehead atoms. The number of aromatic nitrogens is 2. The molecule has 0 amide bonds. The summed E-state index contributed by atoms with van der Waals surface area (Å²) in [5, 5.41) is 25.3. The first-order chi connectivity index (χ1) is 16.5. The number of halogens is 1. The Kier molecular flexibility index (Phi) is 6.19. The Morgan fingerprint density at radius 1 is 1.43 bits per heavy atom. The number of methoxy groups -OCH3 is 1. The van der Waals surface area contributed by atoms with Crippen LogP contribution in [0.5, 0.6) is 5.75 Å². The maximum Gasteiger partial charge on any atom is 0.404 e. The van der Waals surface area contributed by atoms with Crippen molar-refractivity contribution >= 4 is 27.5 Å². The monoisotopic (exact) mass is 541 g/mol. The fourth-order valence-electron chi connectivity index (χ4n) is 4.66. The lowest BCUT2D eigenvalue weighted by atomic mass is 9.70. The van der Waals surface area contributed by atoms with Gasteiger partial charge in [0, 0.05) is 24.0 Å². The SMILES string of the molecule is COc1ccc([C@H]2C(C#N)=C(N)OC3=C2C(=O)CC(C)(C)C3)cc1Cn1nc([N+](=O)[O-])c(Br)c1C. The van der Waals surface area contributed by atoms with Gasteiger partial charge in [0.25, 0.3) is 0 Å². The third-order valence-corrected chi connectivity index (χ3v) is 7.25. The van der Waals surface area contributed by atoms with E-state index in [1.807, 2.05) is 19.9 Å². The quantitative estimate of drug-likeness (QED) is 0.433. The van der Waals surface area contributed by atoms with Crippen LogP contribution in [-0.4, -0.2) is 27.6 Å². The Labute approximate surface area is 210 Å². The van der Waals surface area contributed by atoms with Crippen LogP contribution in [0.1, 0.15) is 49.4 Å². The summed E-state index contributed by atoms with van der Waals surface area (Å²) in [4.78, 5) is 24.0. The van der Waals surface area contributed by atoms with E-state index in [1.54, 1.807) is 19.1 Å². The zero-order valence-corrected chi connectivity index (χ0v) is 21.3. The molecule has 0 fully saturated rings. The van der Waals surface area contributed by atoms with Crippen molar-refractivity contribution in [3.8, 4) is 11.8 Å². The standard InChI is InChI=1S/C24H24BrN5O5/c1-12-21(25)23(30(32)33)28-29(12)11-14-7-13(5-6-17(14)34-4)19-15(10-26)22(27)35-18-9-24(2,3)8-16(31)20(18)19/h5-7,19H,8-9,11,27H2,1-4H3/t19-/m0/s1. The number of carbonyl (C=O) groups excluding carboxylic acids is 1. The molecular formula is C24H24BrN5O5. The largest absolute Gasteiger partial charge is 0.496 e. The van der Waals surface area contributed by atoms with Gasteiger partial charge in [0.15, 0.2) is 5.78 Å². The number of ketones is 1. The third kappa shape index (κ3) is 4.30. The van der Waals surface area contributed by atoms with E-state index in [0.717, 1.165) is 0 Å². The molecule has 0 spiro atoms. The Balaban J connectivity index is 1.83. The minimum absolute atomic E-state index is 0.0124. The second kappa shape index (κ2) is 8.85. The molecule has 0 saturated heterocycles. The molecule has 35 heavy (non-hydrogen) atoms. The first-order valence-corrected chi connectivity index (χ1v) is 11.6. The number of hydrogen-bond acceptors (Lipinski definition) is 8. The van der Waals surface area contributed by atoms with Gasteiger partial charge in [-0.15, -0.1) is 0 Å². The molecule has 1 aliphatic heterocycles. The molecule has 1 aromatic heterocycles. The molecule has 11 heteroatoms. The summed E-state index contributed by atoms with van der Waals surface area (Å²) in [6.45, 7) is 5.87. The van der Waals surface area contributed by atoms with Gasteiger partial charge in [0.2, 0.25) is 5.88 Å². The summed E-state index contributed by atoms with van der Waals surface area (Å²) in [6, 6.07) is 7.47. The maximum absolute atomic E-state index is 13.2. The van der Waals surface area contributed by atoms with Crippen LogP contribution in [-0.2, 0) is 16.1 Å². The van der Waals surface area contributed by atoms with E-state index in [1.165, 1.54) is 11.8 Å². The molecule has 1 atom stereocenters. The van der Waals surface area contributed by atoms with Gasteiger partial charge in [-0.05, 0) is 50.9 Å². The lowest BCUT2D eigenvalue weighted by molar-refractivity contribution is -0.390. The van der Waals surface area contributed by atoms with Crippen LogP contribution in [0.3, 0.4) is 0 Å². The number of carbonyl (C=O) groups is 1. The van der Waals surface area contributed by atoms with Crippen LogP contribution < -0.4 is 10.5 Å². The first-order valence-electron chi connectivity index (χ1n) is 10.9. The maximum atomic E-state index is 13.2. The zero-order chi connectivity index (χ0) is 25.7. The van der Waals surface area contributed by atoms with E-state index in [2.05, 4.69) is 27.1 Å². The molecule has 0 unspecified atom stereocenters. The van der Waals surface area contributed by atoms with Crippen LogP contribution in [0.15, 0.2) is 45.5 Å². The highest BCUT2D eigenvalue weighted by Crippen LogP contribution is 2.48. The average Bonchev–Trinajstić information content (AvgIpc) is 3.06. The molecule has 1 aliphatic carbocycles. The predicted octanol–water partition coefficient (Wildman–Crippen LogP) is 4.37. The highest BCUT2D eigenvalue weighted by atomic mass is 79.9. The van der Waals surface area contributed by atoms with Crippen molar-refractivity contribution in [2.45, 2.75) is 46.1 Å². The van der Waals surface area contributed by atoms with Crippen LogP contribution >= 0.6 is 15.9 Å². The molecule has 10 nitrogen and oxygen atoms in total. The minimum atomic E-state index is -0.684. The van der Waals surface area contributed by atoms with Gasteiger partial charge in [-0.25, -0.2) is 0 Å². The van der Waals surface area contributed by atoms with Crippen LogP contribution in [0.2, 0.25) is 0 Å². The van der Waals surface area contributed by atoms with Gasteiger partial charge < -0.3 is 25.3 Å². The van der Waals surface area contributed by atoms with E-state index in [4.69, 9.17) is 15.2 Å². The summed E-state index contributed by atoms with van der Waals surface area (Å²) >= 11 is 3.24. The molecule has 2 heterocycles. The fourth-order valence-corrected chi connectivity index (χ4v) is 5.09. The van der Waals surface area contributed by atoms with Gasteiger partial charge >= 0.3 is 5.82 Å². The molecule has 4 rings (SSSR count). The second-order valence-electron chi connectivity index (χ2n) is 9.41. The third-order valence-electron chi connectivity index (χ3n) is 6.32. The smallest absolute Gasteiger partial charge is 0.404 e. The number of nitrogens with two attached hydrogens (primary N) is 1. The van der Waals surface area contributed by atoms with Gasteiger partial charge in [-0.3, -0.25) is 4.79 Å². The number of allylic oxidation sites excluding steroid dienone is 3. The Morgan fingerprint density at radius 2 is 2.14 bits per heavy atom. The summed E-state index contributed by atoms with van der Waals surface area (Å²) in [5.41, 5.74) is 8.37. The lowest BCUT2D eigenvalue weighted by Gasteiger charge is -2.37. The average molecular weight is 542 g/mol. The summed E-state index contributed by atoms with van der Waals surface area (Å²) in [5.74, 6) is -0.0303. The van der Waals surface area contributed by atoms with Gasteiger partial charge in [0.1, 0.15) is 27.6 Å². The topological polar surface area (TPSA) is 146 Å². The van der Waals surface area contributed by atoms with Crippen LogP contribution in [0.25, 0.3) is 0 Å². The number of hydrogen-bond donors (Lipinski definition) is 1. The number of ether oxygens (including phenoxy) is 2. The molecule has 2 aromatic rings. The van der Waals surface area contributed by atoms with E-state index < -0.39 is 10.8 Å². The molecule has 0 radical (unpaired) electrons. The lowest BCUT2D eigenvalue weighted by Crippen LogP contribution is -2.33. The summed E-state index contributed by atoms with van der Waals surface area (Å²) in [7, 11) is 1.52. The summed E-state index contributed by atoms with van der Waals surface area (Å²) in [6.07, 6.45) is 0.856. The first kappa shape index (κ1) is 24.5. The molecular weight excluding hydrogens is 518 g/mol. The number of benzene rings is 1. The van der Waals surface area contributed by atoms with Gasteiger partial charge in [-0.1, -0.05) is 19.9 Å². The number of Topliss-reactive ketones (excluding diaryl/α,β-unsaturated/α-hetero) is 1. The summed E-state index contributed by atoms with van der Waals surface area (Å²) < 4.78 is 13.1. The van der Waals surface area contributed by atoms with E-state index in [9.17, 15) is 20.2 Å². The van der Waals surface area contributed by atoms with E-state index in [-0.39, 0.29) is 35.0 Å². The Morgan fingerprint density at radius 3 is 2.74 bits per heavy atom. The molecule has 0 saturated carbocycles. The zero-order valence-electron chi connectivity index (χ0n) is 19.7. The second-order valence-corrected chi connectivity index (χ2v) is 10.2. The van der Waals surface area contributed by atoms with E-state index >= 15 is 0 Å². The molecule has 2 aliphatic rings. The van der Waals surface area contributed by atoms with Gasteiger partial charge in [0.05, 0.1) is 30.4 Å². The van der Waals surface area contributed by atoms with Crippen molar-refractivity contribution in [3.05, 3.63) is 72.4 Å². The number of nitrogens with zero attached hydrogens (tertiary/aromatic N) is 4. The van der Waals surface area contributed by atoms with Crippen LogP contribution in [0.4, 0.5) is 5.82 Å². The van der Waals surface area contributed by atoms with Crippen molar-refractivity contribution in [1.82, 2.24) is 9.78 Å². The van der Waals surface area contributed by atoms with Gasteiger partial charge in [-0.2, -0.15) is 9.94 Å². The van der Waals surface area contributed by atoms with Crippen molar-refractivity contribution in [1.29, 1.82) is 5.26 Å². The number of nitro groups is 1.